The van der Waals surface area contributed by atoms with Crippen molar-refractivity contribution in [2.45, 2.75) is 12.8 Å². The maximum Gasteiger partial charge on any atom is 0.316 e. The Hall–Kier alpha value is -3.32. The summed E-state index contributed by atoms with van der Waals surface area (Å²) in [7, 11) is 0. The minimum atomic E-state index is -0.670. The van der Waals surface area contributed by atoms with Gasteiger partial charge in [-0.1, -0.05) is 17.7 Å². The maximum atomic E-state index is 13.1. The Morgan fingerprint density at radius 2 is 2.00 bits per heavy atom. The molecule has 8 heteroatoms. The van der Waals surface area contributed by atoms with Gasteiger partial charge in [-0.05, 0) is 48.7 Å². The number of anilines is 2. The average Bonchev–Trinajstić information content (AvgIpc) is 2.67. The van der Waals surface area contributed by atoms with E-state index in [4.69, 9.17) is 21.8 Å². The molecular formula is C20H16ClN3O4. The fraction of sp³-hybridized carbons (Fsp3) is 0.150. The summed E-state index contributed by atoms with van der Waals surface area (Å²) in [5.41, 5.74) is 7.22. The predicted molar refractivity (Wildman–Crippen MR) is 107 cm³/mol. The maximum absolute atomic E-state index is 13.1. The number of nitrogens with two attached hydrogens (primary N) is 1. The molecule has 142 valence electrons. The van der Waals surface area contributed by atoms with Gasteiger partial charge in [0.15, 0.2) is 11.2 Å². The average molecular weight is 398 g/mol. The molecule has 7 nitrogen and oxygen atoms in total. The molecule has 3 amide bonds. The first-order valence-corrected chi connectivity index (χ1v) is 9.05. The summed E-state index contributed by atoms with van der Waals surface area (Å²) < 4.78 is 5.68. The van der Waals surface area contributed by atoms with Gasteiger partial charge in [0.25, 0.3) is 5.91 Å². The van der Waals surface area contributed by atoms with E-state index in [1.54, 1.807) is 35.2 Å². The molecule has 0 aliphatic carbocycles. The van der Waals surface area contributed by atoms with Gasteiger partial charge < -0.3 is 20.4 Å². The Labute approximate surface area is 164 Å². The third-order valence-electron chi connectivity index (χ3n) is 4.65. The number of rotatable bonds is 2. The fourth-order valence-corrected chi connectivity index (χ4v) is 3.62. The van der Waals surface area contributed by atoms with E-state index >= 15 is 0 Å². The van der Waals surface area contributed by atoms with Gasteiger partial charge in [0.05, 0.1) is 5.39 Å². The lowest BCUT2D eigenvalue weighted by molar-refractivity contribution is 0.0959. The molecule has 0 bridgehead atoms. The van der Waals surface area contributed by atoms with Crippen molar-refractivity contribution in [2.75, 3.05) is 16.8 Å². The van der Waals surface area contributed by atoms with Crippen molar-refractivity contribution >= 4 is 45.9 Å². The van der Waals surface area contributed by atoms with Gasteiger partial charge in [0, 0.05) is 29.0 Å². The van der Waals surface area contributed by atoms with Gasteiger partial charge >= 0.3 is 6.03 Å². The Bertz CT molecular complexity index is 1170. The van der Waals surface area contributed by atoms with Crippen LogP contribution in [0.2, 0.25) is 5.02 Å². The molecule has 1 aliphatic heterocycles. The molecular weight excluding hydrogens is 382 g/mol. The Balaban J connectivity index is 1.76. The van der Waals surface area contributed by atoms with E-state index in [0.717, 1.165) is 5.56 Å². The Kier molecular flexibility index (Phi) is 4.52. The number of primary amides is 1. The van der Waals surface area contributed by atoms with Gasteiger partial charge in [0.2, 0.25) is 0 Å². The Morgan fingerprint density at radius 1 is 1.18 bits per heavy atom. The number of halogens is 1. The highest BCUT2D eigenvalue weighted by atomic mass is 35.5. The van der Waals surface area contributed by atoms with Crippen LogP contribution in [0.1, 0.15) is 22.5 Å². The van der Waals surface area contributed by atoms with E-state index in [9.17, 15) is 14.4 Å². The number of carbonyl (C=O) groups excluding carboxylic acids is 2. The summed E-state index contributed by atoms with van der Waals surface area (Å²) in [5.74, 6) is -0.480. The molecule has 2 aromatic carbocycles. The van der Waals surface area contributed by atoms with Crippen molar-refractivity contribution in [2.24, 2.45) is 5.73 Å². The van der Waals surface area contributed by atoms with Crippen LogP contribution >= 0.6 is 11.6 Å². The predicted octanol–water partition coefficient (Wildman–Crippen LogP) is 3.53. The first kappa shape index (κ1) is 18.1. The Morgan fingerprint density at radius 3 is 2.79 bits per heavy atom. The van der Waals surface area contributed by atoms with Crippen molar-refractivity contribution in [3.05, 3.63) is 69.0 Å². The summed E-state index contributed by atoms with van der Waals surface area (Å²) in [6.45, 7) is 0.466. The van der Waals surface area contributed by atoms with E-state index < -0.39 is 11.9 Å². The minimum Gasteiger partial charge on any atom is -0.451 e. The van der Waals surface area contributed by atoms with Crippen LogP contribution in [0.5, 0.6) is 0 Å². The quantitative estimate of drug-likeness (QED) is 0.689. The zero-order valence-electron chi connectivity index (χ0n) is 14.7. The number of hydrogen-bond acceptors (Lipinski definition) is 4. The zero-order chi connectivity index (χ0) is 19.8. The molecule has 0 radical (unpaired) electrons. The smallest absolute Gasteiger partial charge is 0.316 e. The van der Waals surface area contributed by atoms with Gasteiger partial charge in [0.1, 0.15) is 5.58 Å². The van der Waals surface area contributed by atoms with Gasteiger partial charge in [-0.25, -0.2) is 4.79 Å². The SMILES string of the molecule is NC(=O)Nc1cccc2c1CCCN2C(=O)c1cc(=O)c2cc(Cl)ccc2o1. The number of amides is 3. The van der Waals surface area contributed by atoms with Crippen LogP contribution in [0.15, 0.2) is 51.7 Å². The minimum absolute atomic E-state index is 0.0547. The van der Waals surface area contributed by atoms with Crippen molar-refractivity contribution < 1.29 is 14.0 Å². The highest BCUT2D eigenvalue weighted by molar-refractivity contribution is 6.31. The topological polar surface area (TPSA) is 106 Å². The molecule has 0 atom stereocenters. The second kappa shape index (κ2) is 7.01. The van der Waals surface area contributed by atoms with Crippen LogP contribution in [0.4, 0.5) is 16.2 Å². The number of carbonyl (C=O) groups is 2. The number of hydrogen-bond donors (Lipinski definition) is 2. The molecule has 1 aliphatic rings. The molecule has 3 N–H and O–H groups in total. The molecule has 4 rings (SSSR count). The summed E-state index contributed by atoms with van der Waals surface area (Å²) in [6.07, 6.45) is 1.39. The molecule has 0 spiro atoms. The molecule has 0 unspecified atom stereocenters. The van der Waals surface area contributed by atoms with E-state index in [2.05, 4.69) is 5.32 Å². The van der Waals surface area contributed by atoms with Crippen molar-refractivity contribution in [1.29, 1.82) is 0 Å². The first-order chi connectivity index (χ1) is 13.4. The number of urea groups is 1. The summed E-state index contributed by atoms with van der Waals surface area (Å²) in [4.78, 5) is 38.3. The summed E-state index contributed by atoms with van der Waals surface area (Å²) in [6, 6.07) is 10.4. The highest BCUT2D eigenvalue weighted by Crippen LogP contribution is 2.34. The first-order valence-electron chi connectivity index (χ1n) is 8.67. The summed E-state index contributed by atoms with van der Waals surface area (Å²) in [5, 5.41) is 3.32. The van der Waals surface area contributed by atoms with Crippen LogP contribution in [-0.2, 0) is 6.42 Å². The van der Waals surface area contributed by atoms with Gasteiger partial charge in [-0.3, -0.25) is 9.59 Å². The van der Waals surface area contributed by atoms with Crippen LogP contribution < -0.4 is 21.4 Å². The van der Waals surface area contributed by atoms with E-state index in [0.29, 0.717) is 46.8 Å². The number of nitrogens with one attached hydrogen (secondary N) is 1. The molecule has 1 aromatic heterocycles. The lowest BCUT2D eigenvalue weighted by atomic mass is 9.99. The van der Waals surface area contributed by atoms with Crippen molar-refractivity contribution in [3.63, 3.8) is 0 Å². The second-order valence-corrected chi connectivity index (χ2v) is 6.90. The normalized spacial score (nSPS) is 13.2. The largest absolute Gasteiger partial charge is 0.451 e. The summed E-state index contributed by atoms with van der Waals surface area (Å²) >= 11 is 5.93. The lowest BCUT2D eigenvalue weighted by Crippen LogP contribution is -2.36. The number of nitrogens with zero attached hydrogens (tertiary/aromatic N) is 1. The third kappa shape index (κ3) is 3.20. The number of fused-ring (bicyclic) bond motifs is 2. The molecule has 2 heterocycles. The highest BCUT2D eigenvalue weighted by Gasteiger charge is 2.27. The second-order valence-electron chi connectivity index (χ2n) is 6.47. The van der Waals surface area contributed by atoms with Crippen LogP contribution in [0, 0.1) is 0 Å². The fourth-order valence-electron chi connectivity index (χ4n) is 3.45. The lowest BCUT2D eigenvalue weighted by Gasteiger charge is -2.30. The van der Waals surface area contributed by atoms with Crippen LogP contribution in [-0.4, -0.2) is 18.5 Å². The molecule has 28 heavy (non-hydrogen) atoms. The van der Waals surface area contributed by atoms with Crippen molar-refractivity contribution in [3.8, 4) is 0 Å². The zero-order valence-corrected chi connectivity index (χ0v) is 15.5. The van der Waals surface area contributed by atoms with Crippen LogP contribution in [0.25, 0.3) is 11.0 Å². The number of benzene rings is 2. The monoisotopic (exact) mass is 397 g/mol. The van der Waals surface area contributed by atoms with Crippen molar-refractivity contribution in [1.82, 2.24) is 0 Å². The standard InChI is InChI=1S/C20H16ClN3O4/c21-11-6-7-17-13(9-11)16(25)10-18(28-17)19(26)24-8-2-3-12-14(23-20(22)27)4-1-5-15(12)24/h1,4-7,9-10H,2-3,8H2,(H3,22,23,27). The van der Waals surface area contributed by atoms with Gasteiger partial charge in [-0.15, -0.1) is 0 Å². The van der Waals surface area contributed by atoms with Crippen LogP contribution in [0.3, 0.4) is 0 Å². The van der Waals surface area contributed by atoms with E-state index in [1.807, 2.05) is 0 Å². The van der Waals surface area contributed by atoms with E-state index in [1.165, 1.54) is 12.1 Å². The molecule has 3 aromatic rings. The molecule has 0 saturated heterocycles. The van der Waals surface area contributed by atoms with Gasteiger partial charge in [-0.2, -0.15) is 0 Å². The molecule has 0 fully saturated rings. The molecule has 0 saturated carbocycles. The van der Waals surface area contributed by atoms with E-state index in [-0.39, 0.29) is 11.2 Å². The third-order valence-corrected chi connectivity index (χ3v) is 4.89.